The quantitative estimate of drug-likeness (QED) is 0.633. The van der Waals surface area contributed by atoms with Gasteiger partial charge in [0, 0.05) is 6.42 Å². The van der Waals surface area contributed by atoms with Crippen LogP contribution in [0.4, 0.5) is 4.39 Å². The van der Waals surface area contributed by atoms with Gasteiger partial charge in [-0.05, 0) is 18.0 Å². The van der Waals surface area contributed by atoms with Crippen molar-refractivity contribution in [3.63, 3.8) is 0 Å². The Hall–Kier alpha value is -0.370. The summed E-state index contributed by atoms with van der Waals surface area (Å²) in [6.07, 6.45) is 1.97. The maximum Gasteiger partial charge on any atom is 0.0977 e. The third kappa shape index (κ3) is 5.76. The van der Waals surface area contributed by atoms with Crippen LogP contribution in [0, 0.1) is 5.41 Å². The predicted molar refractivity (Wildman–Crippen MR) is 42.3 cm³/mol. The molecule has 60 valence electrons. The largest absolute Gasteiger partial charge is 0.330 e. The Morgan fingerprint density at radius 3 is 2.30 bits per heavy atom. The van der Waals surface area contributed by atoms with Crippen molar-refractivity contribution in [3.05, 3.63) is 11.9 Å². The molecule has 0 aromatic carbocycles. The first kappa shape index (κ1) is 9.63. The van der Waals surface area contributed by atoms with Gasteiger partial charge in [-0.2, -0.15) is 0 Å². The Morgan fingerprint density at radius 2 is 2.00 bits per heavy atom. The summed E-state index contributed by atoms with van der Waals surface area (Å²) in [7, 11) is 0. The summed E-state index contributed by atoms with van der Waals surface area (Å²) in [4.78, 5) is 0. The van der Waals surface area contributed by atoms with Crippen molar-refractivity contribution in [1.29, 1.82) is 0 Å². The maximum absolute atomic E-state index is 12.7. The van der Waals surface area contributed by atoms with E-state index in [-0.39, 0.29) is 11.2 Å². The molecule has 0 saturated carbocycles. The maximum atomic E-state index is 12.7. The van der Waals surface area contributed by atoms with Crippen LogP contribution in [0.1, 0.15) is 27.2 Å². The van der Waals surface area contributed by atoms with Gasteiger partial charge in [0.1, 0.15) is 0 Å². The van der Waals surface area contributed by atoms with Crippen LogP contribution >= 0.6 is 0 Å². The molecule has 0 aliphatic rings. The zero-order valence-corrected chi connectivity index (χ0v) is 6.95. The monoisotopic (exact) mass is 145 g/mol. The van der Waals surface area contributed by atoms with E-state index in [1.165, 1.54) is 0 Å². The van der Waals surface area contributed by atoms with Crippen LogP contribution in [0.2, 0.25) is 0 Å². The van der Waals surface area contributed by atoms with Crippen LogP contribution in [0.3, 0.4) is 0 Å². The topological polar surface area (TPSA) is 26.0 Å². The highest BCUT2D eigenvalue weighted by atomic mass is 19.1. The highest BCUT2D eigenvalue weighted by Gasteiger charge is 2.07. The SMILES string of the molecule is CC(C)(C)/C=C(/F)CCN. The van der Waals surface area contributed by atoms with Gasteiger partial charge in [-0.3, -0.25) is 0 Å². The number of halogens is 1. The lowest BCUT2D eigenvalue weighted by Crippen LogP contribution is -2.03. The lowest BCUT2D eigenvalue weighted by Gasteiger charge is -2.11. The molecule has 0 aromatic rings. The van der Waals surface area contributed by atoms with Crippen LogP contribution in [0.25, 0.3) is 0 Å². The first-order valence-electron chi connectivity index (χ1n) is 3.53. The molecule has 0 aromatic heterocycles. The molecular weight excluding hydrogens is 129 g/mol. The van der Waals surface area contributed by atoms with E-state index >= 15 is 0 Å². The summed E-state index contributed by atoms with van der Waals surface area (Å²) in [6, 6.07) is 0. The number of allylic oxidation sites excluding steroid dienone is 1. The van der Waals surface area contributed by atoms with Gasteiger partial charge in [0.25, 0.3) is 0 Å². The van der Waals surface area contributed by atoms with Crippen molar-refractivity contribution in [3.8, 4) is 0 Å². The lowest BCUT2D eigenvalue weighted by atomic mass is 9.95. The summed E-state index contributed by atoms with van der Waals surface area (Å²) in [6.45, 7) is 6.27. The Kier molecular flexibility index (Phi) is 3.58. The smallest absolute Gasteiger partial charge is 0.0977 e. The normalized spacial score (nSPS) is 13.9. The second-order valence-corrected chi connectivity index (χ2v) is 3.50. The Labute approximate surface area is 62.1 Å². The molecule has 0 aliphatic heterocycles. The highest BCUT2D eigenvalue weighted by Crippen LogP contribution is 2.19. The Bertz CT molecular complexity index is 122. The van der Waals surface area contributed by atoms with Crippen molar-refractivity contribution in [2.75, 3.05) is 6.54 Å². The van der Waals surface area contributed by atoms with Crippen LogP contribution in [0.15, 0.2) is 11.9 Å². The standard InChI is InChI=1S/C8H16FN/c1-8(2,3)6-7(9)4-5-10/h6H,4-5,10H2,1-3H3/b7-6+. The summed E-state index contributed by atoms with van der Waals surface area (Å²) in [5.74, 6) is -0.102. The zero-order valence-electron chi connectivity index (χ0n) is 6.95. The van der Waals surface area contributed by atoms with Gasteiger partial charge in [-0.25, -0.2) is 4.39 Å². The number of hydrogen-bond acceptors (Lipinski definition) is 1. The van der Waals surface area contributed by atoms with Crippen molar-refractivity contribution in [2.45, 2.75) is 27.2 Å². The average Bonchev–Trinajstić information content (AvgIpc) is 1.59. The number of nitrogens with two attached hydrogens (primary N) is 1. The lowest BCUT2D eigenvalue weighted by molar-refractivity contribution is 0.499. The van der Waals surface area contributed by atoms with Crippen molar-refractivity contribution < 1.29 is 4.39 Å². The molecule has 10 heavy (non-hydrogen) atoms. The van der Waals surface area contributed by atoms with Gasteiger partial charge in [-0.1, -0.05) is 20.8 Å². The van der Waals surface area contributed by atoms with E-state index in [9.17, 15) is 4.39 Å². The van der Waals surface area contributed by atoms with E-state index in [1.807, 2.05) is 20.8 Å². The van der Waals surface area contributed by atoms with E-state index in [2.05, 4.69) is 0 Å². The van der Waals surface area contributed by atoms with Crippen LogP contribution in [-0.2, 0) is 0 Å². The molecule has 0 spiro atoms. The van der Waals surface area contributed by atoms with E-state index in [0.29, 0.717) is 13.0 Å². The summed E-state index contributed by atoms with van der Waals surface area (Å²) in [5.41, 5.74) is 5.10. The first-order chi connectivity index (χ1) is 4.45. The molecule has 2 N–H and O–H groups in total. The average molecular weight is 145 g/mol. The van der Waals surface area contributed by atoms with Crippen LogP contribution < -0.4 is 5.73 Å². The predicted octanol–water partition coefficient (Wildman–Crippen LogP) is 2.23. The third-order valence-corrected chi connectivity index (χ3v) is 0.973. The molecule has 0 bridgehead atoms. The number of rotatable bonds is 2. The summed E-state index contributed by atoms with van der Waals surface area (Å²) >= 11 is 0. The molecule has 0 fully saturated rings. The fraction of sp³-hybridized carbons (Fsp3) is 0.750. The van der Waals surface area contributed by atoms with E-state index in [0.717, 1.165) is 0 Å². The van der Waals surface area contributed by atoms with Gasteiger partial charge in [0.05, 0.1) is 5.83 Å². The third-order valence-electron chi connectivity index (χ3n) is 0.973. The molecule has 0 amide bonds. The molecule has 1 nitrogen and oxygen atoms in total. The van der Waals surface area contributed by atoms with Crippen molar-refractivity contribution >= 4 is 0 Å². The molecule has 0 unspecified atom stereocenters. The molecule has 2 heteroatoms. The Morgan fingerprint density at radius 1 is 1.50 bits per heavy atom. The van der Waals surface area contributed by atoms with Crippen molar-refractivity contribution in [2.24, 2.45) is 11.1 Å². The second-order valence-electron chi connectivity index (χ2n) is 3.50. The number of hydrogen-bond donors (Lipinski definition) is 1. The molecule has 0 radical (unpaired) electrons. The minimum atomic E-state index is -0.102. The minimum Gasteiger partial charge on any atom is -0.330 e. The molecule has 0 aliphatic carbocycles. The van der Waals surface area contributed by atoms with E-state index in [1.54, 1.807) is 6.08 Å². The van der Waals surface area contributed by atoms with Crippen molar-refractivity contribution in [1.82, 2.24) is 0 Å². The van der Waals surface area contributed by atoms with Gasteiger partial charge in [-0.15, -0.1) is 0 Å². The minimum absolute atomic E-state index is 0.0702. The molecule has 0 heterocycles. The van der Waals surface area contributed by atoms with Gasteiger partial charge < -0.3 is 5.73 Å². The summed E-state index contributed by atoms with van der Waals surface area (Å²) < 4.78 is 12.7. The zero-order chi connectivity index (χ0) is 8.20. The highest BCUT2D eigenvalue weighted by molar-refractivity contribution is 4.98. The van der Waals surface area contributed by atoms with Gasteiger partial charge >= 0.3 is 0 Å². The summed E-state index contributed by atoms with van der Waals surface area (Å²) in [5, 5.41) is 0. The van der Waals surface area contributed by atoms with Crippen LogP contribution in [-0.4, -0.2) is 6.54 Å². The first-order valence-corrected chi connectivity index (χ1v) is 3.53. The molecular formula is C8H16FN. The second kappa shape index (κ2) is 3.71. The molecule has 0 saturated heterocycles. The Balaban J connectivity index is 3.90. The molecule has 0 atom stereocenters. The van der Waals surface area contributed by atoms with E-state index < -0.39 is 0 Å². The van der Waals surface area contributed by atoms with E-state index in [4.69, 9.17) is 5.73 Å². The van der Waals surface area contributed by atoms with Gasteiger partial charge in [0.2, 0.25) is 0 Å². The fourth-order valence-electron chi connectivity index (χ4n) is 0.680. The van der Waals surface area contributed by atoms with Gasteiger partial charge in [0.15, 0.2) is 0 Å². The van der Waals surface area contributed by atoms with Crippen LogP contribution in [0.5, 0.6) is 0 Å². The molecule has 0 rings (SSSR count). The fourth-order valence-corrected chi connectivity index (χ4v) is 0.680.